The average Bonchev–Trinajstić information content (AvgIpc) is 2.57. The third-order valence-electron chi connectivity index (χ3n) is 5.42. The predicted molar refractivity (Wildman–Crippen MR) is 105 cm³/mol. The van der Waals surface area contributed by atoms with Crippen LogP contribution in [0.5, 0.6) is 0 Å². The third kappa shape index (κ3) is 3.18. The summed E-state index contributed by atoms with van der Waals surface area (Å²) < 4.78 is 6.56. The standard InChI is InChI=1S/C22H26O2Si/c1-21(2,3)25(4,5)24-20-18-13-9-10-14-19(18)22(20,23)16-15-17-11-7-6-8-12-17/h6-14,20,23H,1-5H3/t20-,22+/m0/s1. The molecule has 3 heteroatoms. The Hall–Kier alpha value is -1.86. The Kier molecular flexibility index (Phi) is 4.41. The van der Waals surface area contributed by atoms with E-state index in [0.29, 0.717) is 0 Å². The minimum Gasteiger partial charge on any atom is -0.406 e. The van der Waals surface area contributed by atoms with Crippen LogP contribution < -0.4 is 0 Å². The van der Waals surface area contributed by atoms with E-state index in [0.717, 1.165) is 16.7 Å². The van der Waals surface area contributed by atoms with Crippen molar-refractivity contribution >= 4 is 8.32 Å². The van der Waals surface area contributed by atoms with E-state index < -0.39 is 13.9 Å². The van der Waals surface area contributed by atoms with Crippen molar-refractivity contribution in [3.8, 4) is 11.8 Å². The van der Waals surface area contributed by atoms with E-state index in [9.17, 15) is 5.11 Å². The molecule has 0 aliphatic heterocycles. The highest BCUT2D eigenvalue weighted by molar-refractivity contribution is 6.74. The molecule has 0 amide bonds. The molecule has 0 spiro atoms. The monoisotopic (exact) mass is 350 g/mol. The Morgan fingerprint density at radius 1 is 1.00 bits per heavy atom. The predicted octanol–water partition coefficient (Wildman–Crippen LogP) is 5.00. The highest BCUT2D eigenvalue weighted by Gasteiger charge is 2.54. The Bertz CT molecular complexity index is 824. The van der Waals surface area contributed by atoms with Gasteiger partial charge in [0.25, 0.3) is 0 Å². The molecule has 0 radical (unpaired) electrons. The molecule has 0 unspecified atom stereocenters. The van der Waals surface area contributed by atoms with Crippen LogP contribution in [0.3, 0.4) is 0 Å². The molecule has 130 valence electrons. The van der Waals surface area contributed by atoms with Gasteiger partial charge in [0.1, 0.15) is 6.10 Å². The third-order valence-corrected chi connectivity index (χ3v) is 9.86. The summed E-state index contributed by atoms with van der Waals surface area (Å²) in [6.07, 6.45) is -0.388. The summed E-state index contributed by atoms with van der Waals surface area (Å²) in [7, 11) is -2.03. The fourth-order valence-electron chi connectivity index (χ4n) is 2.80. The van der Waals surface area contributed by atoms with Crippen LogP contribution in [0.25, 0.3) is 0 Å². The second-order valence-electron chi connectivity index (χ2n) is 8.23. The van der Waals surface area contributed by atoms with Gasteiger partial charge in [-0.25, -0.2) is 0 Å². The van der Waals surface area contributed by atoms with Gasteiger partial charge >= 0.3 is 0 Å². The first kappa shape index (κ1) is 17.9. The normalized spacial score (nSPS) is 22.4. The number of fused-ring (bicyclic) bond motifs is 1. The SMILES string of the molecule is CC(C)(C)[Si](C)(C)O[C@H]1c2ccccc2[C@]1(O)C#Cc1ccccc1. The number of aliphatic hydroxyl groups is 1. The summed E-state index contributed by atoms with van der Waals surface area (Å²) in [5, 5.41) is 11.4. The van der Waals surface area contributed by atoms with E-state index in [1.54, 1.807) is 0 Å². The van der Waals surface area contributed by atoms with Gasteiger partial charge in [-0.3, -0.25) is 0 Å². The average molecular weight is 351 g/mol. The van der Waals surface area contributed by atoms with Crippen LogP contribution in [0.15, 0.2) is 54.6 Å². The largest absolute Gasteiger partial charge is 0.406 e. The lowest BCUT2D eigenvalue weighted by Gasteiger charge is -2.49. The van der Waals surface area contributed by atoms with E-state index >= 15 is 0 Å². The molecule has 0 saturated heterocycles. The van der Waals surface area contributed by atoms with Crippen molar-refractivity contribution in [2.75, 3.05) is 0 Å². The Morgan fingerprint density at radius 3 is 2.24 bits per heavy atom. The van der Waals surface area contributed by atoms with Crippen molar-refractivity contribution in [1.82, 2.24) is 0 Å². The molecule has 1 N–H and O–H groups in total. The lowest BCUT2D eigenvalue weighted by molar-refractivity contribution is -0.0607. The Morgan fingerprint density at radius 2 is 1.60 bits per heavy atom. The van der Waals surface area contributed by atoms with Crippen LogP contribution in [0.4, 0.5) is 0 Å². The fourth-order valence-corrected chi connectivity index (χ4v) is 4.04. The van der Waals surface area contributed by atoms with Crippen molar-refractivity contribution in [1.29, 1.82) is 0 Å². The molecule has 25 heavy (non-hydrogen) atoms. The van der Waals surface area contributed by atoms with Crippen molar-refractivity contribution < 1.29 is 9.53 Å². The zero-order valence-corrected chi connectivity index (χ0v) is 16.6. The van der Waals surface area contributed by atoms with Crippen molar-refractivity contribution in [3.05, 3.63) is 71.3 Å². The van der Waals surface area contributed by atoms with Crippen LogP contribution in [-0.2, 0) is 10.0 Å². The van der Waals surface area contributed by atoms with Crippen molar-refractivity contribution in [2.24, 2.45) is 0 Å². The number of rotatable bonds is 2. The maximum Gasteiger partial charge on any atom is 0.193 e. The zero-order valence-electron chi connectivity index (χ0n) is 15.6. The molecule has 0 heterocycles. The van der Waals surface area contributed by atoms with Crippen LogP contribution in [0.2, 0.25) is 18.1 Å². The first-order valence-electron chi connectivity index (χ1n) is 8.73. The molecule has 0 bridgehead atoms. The summed E-state index contributed by atoms with van der Waals surface area (Å²) in [6, 6.07) is 17.7. The lowest BCUT2D eigenvalue weighted by atomic mass is 9.71. The first-order chi connectivity index (χ1) is 11.7. The maximum atomic E-state index is 11.3. The lowest BCUT2D eigenvalue weighted by Crippen LogP contribution is -2.51. The number of hydrogen-bond acceptors (Lipinski definition) is 2. The summed E-state index contributed by atoms with van der Waals surface area (Å²) >= 11 is 0. The van der Waals surface area contributed by atoms with Gasteiger partial charge in [-0.15, -0.1) is 0 Å². The smallest absolute Gasteiger partial charge is 0.193 e. The Labute approximate surface area is 152 Å². The number of hydrogen-bond donors (Lipinski definition) is 1. The van der Waals surface area contributed by atoms with Gasteiger partial charge in [-0.2, -0.15) is 0 Å². The molecular formula is C22H26O2Si. The molecule has 0 aromatic heterocycles. The zero-order chi connectivity index (χ0) is 18.3. The molecular weight excluding hydrogens is 324 g/mol. The Balaban J connectivity index is 1.98. The van der Waals surface area contributed by atoms with Gasteiger partial charge in [-0.05, 0) is 35.8 Å². The van der Waals surface area contributed by atoms with Gasteiger partial charge in [0.2, 0.25) is 0 Å². The van der Waals surface area contributed by atoms with Crippen molar-refractivity contribution in [3.63, 3.8) is 0 Å². The second kappa shape index (κ2) is 6.14. The van der Waals surface area contributed by atoms with Gasteiger partial charge in [-0.1, -0.05) is 75.1 Å². The topological polar surface area (TPSA) is 29.5 Å². The minimum absolute atomic E-state index is 0.0747. The molecule has 2 nitrogen and oxygen atoms in total. The fraction of sp³-hybridized carbons (Fsp3) is 0.364. The highest BCUT2D eigenvalue weighted by atomic mass is 28.4. The molecule has 2 atom stereocenters. The molecule has 1 aliphatic carbocycles. The summed E-state index contributed by atoms with van der Waals surface area (Å²) in [4.78, 5) is 0. The van der Waals surface area contributed by atoms with E-state index in [2.05, 4.69) is 45.7 Å². The summed E-state index contributed by atoms with van der Waals surface area (Å²) in [5.41, 5.74) is 1.56. The van der Waals surface area contributed by atoms with Crippen LogP contribution in [0, 0.1) is 11.8 Å². The van der Waals surface area contributed by atoms with Crippen molar-refractivity contribution in [2.45, 2.75) is 50.6 Å². The quantitative estimate of drug-likeness (QED) is 0.610. The van der Waals surface area contributed by atoms with E-state index in [-0.39, 0.29) is 11.1 Å². The molecule has 2 aromatic rings. The summed E-state index contributed by atoms with van der Waals surface area (Å²) in [6.45, 7) is 11.0. The molecule has 0 fully saturated rings. The molecule has 1 aliphatic rings. The van der Waals surface area contributed by atoms with Crippen LogP contribution in [0.1, 0.15) is 43.6 Å². The summed E-state index contributed by atoms with van der Waals surface area (Å²) in [5.74, 6) is 6.21. The van der Waals surface area contributed by atoms with E-state index in [1.165, 1.54) is 0 Å². The molecule has 0 saturated carbocycles. The van der Waals surface area contributed by atoms with E-state index in [1.807, 2.05) is 54.6 Å². The first-order valence-corrected chi connectivity index (χ1v) is 11.6. The van der Waals surface area contributed by atoms with Crippen LogP contribution >= 0.6 is 0 Å². The molecule has 2 aromatic carbocycles. The van der Waals surface area contributed by atoms with Gasteiger partial charge in [0.05, 0.1) is 0 Å². The second-order valence-corrected chi connectivity index (χ2v) is 13.0. The van der Waals surface area contributed by atoms with Crippen LogP contribution in [-0.4, -0.2) is 13.4 Å². The van der Waals surface area contributed by atoms with Gasteiger partial charge in [0.15, 0.2) is 13.9 Å². The van der Waals surface area contributed by atoms with E-state index in [4.69, 9.17) is 4.43 Å². The van der Waals surface area contributed by atoms with Gasteiger partial charge < -0.3 is 9.53 Å². The molecule has 3 rings (SSSR count). The van der Waals surface area contributed by atoms with Gasteiger partial charge in [0, 0.05) is 11.1 Å². The highest BCUT2D eigenvalue weighted by Crippen LogP contribution is 2.53. The number of benzene rings is 2. The minimum atomic E-state index is -2.03. The maximum absolute atomic E-state index is 11.3.